The van der Waals surface area contributed by atoms with Gasteiger partial charge in [-0.25, -0.2) is 8.42 Å². The third kappa shape index (κ3) is 5.55. The second-order valence-electron chi connectivity index (χ2n) is 5.10. The van der Waals surface area contributed by atoms with E-state index in [-0.39, 0.29) is 17.6 Å². The molecule has 0 radical (unpaired) electrons. The molecule has 1 aliphatic rings. The van der Waals surface area contributed by atoms with Gasteiger partial charge in [-0.05, 0) is 5.92 Å². The van der Waals surface area contributed by atoms with Gasteiger partial charge in [-0.15, -0.1) is 11.6 Å². The average Bonchev–Trinajstić information content (AvgIpc) is 2.44. The number of piperazine rings is 1. The lowest BCUT2D eigenvalue weighted by atomic mass is 10.3. The van der Waals surface area contributed by atoms with Crippen LogP contribution in [0.25, 0.3) is 0 Å². The molecule has 0 N–H and O–H groups in total. The third-order valence-corrected chi connectivity index (χ3v) is 6.01. The molecule has 1 unspecified atom stereocenters. The van der Waals surface area contributed by atoms with Gasteiger partial charge in [0.2, 0.25) is 10.0 Å². The fourth-order valence-corrected chi connectivity index (χ4v) is 4.10. The Morgan fingerprint density at radius 2 is 1.90 bits per heavy atom. The smallest absolute Gasteiger partial charge is 0.306 e. The quantitative estimate of drug-likeness (QED) is 0.499. The van der Waals surface area contributed by atoms with E-state index in [9.17, 15) is 13.2 Å². The Hall–Kier alpha value is -0.370. The van der Waals surface area contributed by atoms with Gasteiger partial charge in [0.25, 0.3) is 0 Å². The number of carbonyl (C=O) groups excluding carboxylic acids is 1. The van der Waals surface area contributed by atoms with E-state index in [2.05, 4.69) is 9.64 Å². The highest BCUT2D eigenvalue weighted by atomic mass is 35.5. The summed E-state index contributed by atoms with van der Waals surface area (Å²) in [5, 5.41) is 0. The van der Waals surface area contributed by atoms with Gasteiger partial charge >= 0.3 is 5.97 Å². The minimum absolute atomic E-state index is 0.0426. The zero-order valence-electron chi connectivity index (χ0n) is 12.0. The number of hydrogen-bond donors (Lipinski definition) is 0. The lowest BCUT2D eigenvalue weighted by Gasteiger charge is -2.34. The monoisotopic (exact) mass is 326 g/mol. The van der Waals surface area contributed by atoms with Gasteiger partial charge in [0.05, 0.1) is 19.3 Å². The van der Waals surface area contributed by atoms with Crippen molar-refractivity contribution >= 4 is 27.6 Å². The van der Waals surface area contributed by atoms with Crippen LogP contribution in [0, 0.1) is 5.92 Å². The average molecular weight is 327 g/mol. The molecule has 0 amide bonds. The minimum atomic E-state index is -3.22. The maximum atomic E-state index is 12.1. The number of esters is 1. The summed E-state index contributed by atoms with van der Waals surface area (Å²) in [4.78, 5) is 13.1. The lowest BCUT2D eigenvalue weighted by Crippen LogP contribution is -2.50. The molecule has 0 saturated carbocycles. The van der Waals surface area contributed by atoms with Gasteiger partial charge in [-0.3, -0.25) is 4.79 Å². The van der Waals surface area contributed by atoms with E-state index >= 15 is 0 Å². The Morgan fingerprint density at radius 3 is 2.40 bits per heavy atom. The lowest BCUT2D eigenvalue weighted by molar-refractivity contribution is -0.141. The van der Waals surface area contributed by atoms with Gasteiger partial charge < -0.3 is 9.64 Å². The van der Waals surface area contributed by atoms with Crippen LogP contribution in [0.4, 0.5) is 0 Å². The van der Waals surface area contributed by atoms with Crippen molar-refractivity contribution in [2.45, 2.75) is 13.3 Å². The highest BCUT2D eigenvalue weighted by molar-refractivity contribution is 7.89. The van der Waals surface area contributed by atoms with Crippen LogP contribution in [0.5, 0.6) is 0 Å². The van der Waals surface area contributed by atoms with Crippen molar-refractivity contribution in [2.24, 2.45) is 5.92 Å². The minimum Gasteiger partial charge on any atom is -0.469 e. The first-order valence-electron chi connectivity index (χ1n) is 6.72. The molecule has 0 aromatic heterocycles. The number of carbonyl (C=O) groups is 1. The van der Waals surface area contributed by atoms with Crippen LogP contribution >= 0.6 is 11.6 Å². The number of methoxy groups -OCH3 is 1. The second kappa shape index (κ2) is 8.17. The number of ether oxygens (including phenoxy) is 1. The Morgan fingerprint density at radius 1 is 1.30 bits per heavy atom. The summed E-state index contributed by atoms with van der Waals surface area (Å²) in [6, 6.07) is 0. The van der Waals surface area contributed by atoms with Gasteiger partial charge in [-0.1, -0.05) is 6.92 Å². The van der Waals surface area contributed by atoms with Crippen LogP contribution in [-0.4, -0.2) is 75.1 Å². The summed E-state index contributed by atoms with van der Waals surface area (Å²) < 4.78 is 30.4. The standard InChI is InChI=1S/C12H23ClN2O4S/c1-11(9-13)10-20(17,18)15-7-5-14(6-8-15)4-3-12(16)19-2/h11H,3-10H2,1-2H3. The Balaban J connectivity index is 2.39. The Labute approximate surface area is 126 Å². The van der Waals surface area contributed by atoms with Crippen LogP contribution in [-0.2, 0) is 19.6 Å². The first-order chi connectivity index (χ1) is 9.39. The highest BCUT2D eigenvalue weighted by Crippen LogP contribution is 2.12. The van der Waals surface area contributed by atoms with E-state index in [0.717, 1.165) is 0 Å². The maximum Gasteiger partial charge on any atom is 0.306 e. The zero-order valence-corrected chi connectivity index (χ0v) is 13.6. The molecule has 1 fully saturated rings. The Bertz CT molecular complexity index is 408. The molecular formula is C12H23ClN2O4S. The molecule has 8 heteroatoms. The fraction of sp³-hybridized carbons (Fsp3) is 0.917. The molecule has 0 aliphatic carbocycles. The van der Waals surface area contributed by atoms with Crippen molar-refractivity contribution in [3.63, 3.8) is 0 Å². The predicted octanol–water partition coefficient (Wildman–Crippen LogP) is 0.372. The van der Waals surface area contributed by atoms with E-state index < -0.39 is 10.0 Å². The second-order valence-corrected chi connectivity index (χ2v) is 7.43. The van der Waals surface area contributed by atoms with E-state index in [1.165, 1.54) is 11.4 Å². The van der Waals surface area contributed by atoms with Crippen LogP contribution in [0.15, 0.2) is 0 Å². The number of hydrogen-bond acceptors (Lipinski definition) is 5. The van der Waals surface area contributed by atoms with Crippen LogP contribution in [0.2, 0.25) is 0 Å². The molecule has 6 nitrogen and oxygen atoms in total. The summed E-state index contributed by atoms with van der Waals surface area (Å²) in [5.41, 5.74) is 0. The highest BCUT2D eigenvalue weighted by Gasteiger charge is 2.28. The molecule has 0 aromatic carbocycles. The first kappa shape index (κ1) is 17.7. The summed E-state index contributed by atoms with van der Waals surface area (Å²) in [6.07, 6.45) is 0.340. The number of nitrogens with zero attached hydrogens (tertiary/aromatic N) is 2. The van der Waals surface area contributed by atoms with Crippen molar-refractivity contribution in [3.8, 4) is 0 Å². The summed E-state index contributed by atoms with van der Waals surface area (Å²) >= 11 is 5.67. The maximum absolute atomic E-state index is 12.1. The van der Waals surface area contributed by atoms with Crippen LogP contribution in [0.1, 0.15) is 13.3 Å². The van der Waals surface area contributed by atoms with Crippen molar-refractivity contribution in [1.82, 2.24) is 9.21 Å². The van der Waals surface area contributed by atoms with Crippen molar-refractivity contribution < 1.29 is 17.9 Å². The fourth-order valence-electron chi connectivity index (χ4n) is 2.09. The number of sulfonamides is 1. The van der Waals surface area contributed by atoms with E-state index in [1.807, 2.05) is 6.92 Å². The number of rotatable bonds is 7. The van der Waals surface area contributed by atoms with E-state index in [0.29, 0.717) is 45.0 Å². The molecule has 1 rings (SSSR count). The summed E-state index contributed by atoms with van der Waals surface area (Å²) in [6.45, 7) is 4.67. The van der Waals surface area contributed by atoms with Crippen LogP contribution in [0.3, 0.4) is 0 Å². The normalized spacial score (nSPS) is 19.8. The third-order valence-electron chi connectivity index (χ3n) is 3.34. The molecular weight excluding hydrogens is 304 g/mol. The molecule has 1 saturated heterocycles. The predicted molar refractivity (Wildman–Crippen MR) is 78.3 cm³/mol. The van der Waals surface area contributed by atoms with Gasteiger partial charge in [0, 0.05) is 38.6 Å². The molecule has 118 valence electrons. The largest absolute Gasteiger partial charge is 0.469 e. The molecule has 1 heterocycles. The van der Waals surface area contributed by atoms with E-state index in [1.54, 1.807) is 0 Å². The Kier molecular flexibility index (Phi) is 7.22. The molecule has 1 aliphatic heterocycles. The van der Waals surface area contributed by atoms with Crippen LogP contribution < -0.4 is 0 Å². The molecule has 0 spiro atoms. The van der Waals surface area contributed by atoms with Crippen molar-refractivity contribution in [3.05, 3.63) is 0 Å². The zero-order chi connectivity index (χ0) is 15.2. The molecule has 20 heavy (non-hydrogen) atoms. The SMILES string of the molecule is COC(=O)CCN1CCN(S(=O)(=O)CC(C)CCl)CC1. The van der Waals surface area contributed by atoms with Gasteiger partial charge in [-0.2, -0.15) is 4.31 Å². The van der Waals surface area contributed by atoms with E-state index in [4.69, 9.17) is 11.6 Å². The summed E-state index contributed by atoms with van der Waals surface area (Å²) in [5.74, 6) is 0.159. The molecule has 1 atom stereocenters. The van der Waals surface area contributed by atoms with Gasteiger partial charge in [0.15, 0.2) is 0 Å². The topological polar surface area (TPSA) is 66.9 Å². The molecule has 0 aromatic rings. The van der Waals surface area contributed by atoms with Gasteiger partial charge in [0.1, 0.15) is 0 Å². The van der Waals surface area contributed by atoms with Crippen molar-refractivity contribution in [1.29, 1.82) is 0 Å². The molecule has 0 bridgehead atoms. The first-order valence-corrected chi connectivity index (χ1v) is 8.86. The van der Waals surface area contributed by atoms with Crippen molar-refractivity contribution in [2.75, 3.05) is 51.5 Å². The number of alkyl halides is 1. The summed E-state index contributed by atoms with van der Waals surface area (Å²) in [7, 11) is -1.86. The number of halogens is 1.